The molecular weight excluding hydrogens is 546 g/mol. The molecule has 1 aromatic carbocycles. The Morgan fingerprint density at radius 1 is 1.22 bits per heavy atom. The Labute approximate surface area is 238 Å². The summed E-state index contributed by atoms with van der Waals surface area (Å²) in [6.07, 6.45) is 5.26. The Morgan fingerprint density at radius 2 is 1.93 bits per heavy atom. The van der Waals surface area contributed by atoms with Crippen LogP contribution < -0.4 is 10.9 Å². The molecular formula is C28H35N7O5S. The van der Waals surface area contributed by atoms with Crippen molar-refractivity contribution in [3.63, 3.8) is 0 Å². The first kappa shape index (κ1) is 28.6. The van der Waals surface area contributed by atoms with Crippen LogP contribution in [0.25, 0.3) is 10.9 Å². The highest BCUT2D eigenvalue weighted by atomic mass is 32.2. The monoisotopic (exact) mass is 581 g/mol. The number of amides is 1. The van der Waals surface area contributed by atoms with Crippen LogP contribution in [0.3, 0.4) is 0 Å². The van der Waals surface area contributed by atoms with E-state index >= 15 is 0 Å². The van der Waals surface area contributed by atoms with Crippen LogP contribution in [0.2, 0.25) is 0 Å². The van der Waals surface area contributed by atoms with Gasteiger partial charge in [0.05, 0.1) is 28.4 Å². The van der Waals surface area contributed by atoms with E-state index in [1.54, 1.807) is 34.0 Å². The molecule has 0 radical (unpaired) electrons. The first-order valence-electron chi connectivity index (χ1n) is 13.8. The van der Waals surface area contributed by atoms with E-state index in [4.69, 9.17) is 9.84 Å². The van der Waals surface area contributed by atoms with Crippen LogP contribution in [0, 0.1) is 17.2 Å². The van der Waals surface area contributed by atoms with Crippen LogP contribution >= 0.6 is 0 Å². The van der Waals surface area contributed by atoms with Crippen molar-refractivity contribution in [2.24, 2.45) is 5.92 Å². The van der Waals surface area contributed by atoms with Gasteiger partial charge in [-0.25, -0.2) is 17.5 Å². The fraction of sp³-hybridized carbons (Fsp3) is 0.500. The minimum absolute atomic E-state index is 0.0548. The Morgan fingerprint density at radius 3 is 2.54 bits per heavy atom. The number of hydrogen-bond donors (Lipinski definition) is 2. The number of aromatic nitrogens is 3. The van der Waals surface area contributed by atoms with Crippen LogP contribution in [-0.4, -0.2) is 71.8 Å². The number of fused-ring (bicyclic) bond motifs is 1. The molecule has 13 heteroatoms. The quantitative estimate of drug-likeness (QED) is 0.428. The predicted molar refractivity (Wildman–Crippen MR) is 153 cm³/mol. The van der Waals surface area contributed by atoms with Crippen LogP contribution in [0.1, 0.15) is 45.4 Å². The van der Waals surface area contributed by atoms with Crippen molar-refractivity contribution in [1.82, 2.24) is 24.0 Å². The molecule has 218 valence electrons. The third-order valence-electron chi connectivity index (χ3n) is 8.34. The zero-order valence-electron chi connectivity index (χ0n) is 23.5. The van der Waals surface area contributed by atoms with Crippen molar-refractivity contribution < 1.29 is 17.9 Å². The summed E-state index contributed by atoms with van der Waals surface area (Å²) in [5.41, 5.74) is 0.0310. The lowest BCUT2D eigenvalue weighted by atomic mass is 9.85. The molecule has 1 aliphatic heterocycles. The van der Waals surface area contributed by atoms with E-state index in [0.717, 1.165) is 23.6 Å². The van der Waals surface area contributed by atoms with E-state index in [-0.39, 0.29) is 29.1 Å². The summed E-state index contributed by atoms with van der Waals surface area (Å²) < 4.78 is 33.6. The van der Waals surface area contributed by atoms with Crippen molar-refractivity contribution in [2.75, 3.05) is 32.5 Å². The standard InChI is InChI=1S/C28H35N7O5S/c1-19-5-4-6-23(19)40-27(37)34-17-13-28(12-15-29,14-18-34)35-22-11-16-30-26(36)24(22)25(32-35)31-20-7-9-21(10-8-20)41(38,39)33(2)3/h7-11,16,19,23H,4-6,12-14,17-18H2,1-3H3,(H,30,36)(H,31,32)/t19-,23?/m1/s1. The molecule has 1 aliphatic carbocycles. The summed E-state index contributed by atoms with van der Waals surface area (Å²) in [5.74, 6) is 0.647. The Bertz CT molecular complexity index is 1630. The second kappa shape index (κ2) is 11.2. The number of rotatable bonds is 7. The Hall–Kier alpha value is -3.89. The summed E-state index contributed by atoms with van der Waals surface area (Å²) in [4.78, 5) is 30.4. The molecule has 1 unspecified atom stereocenters. The van der Waals surface area contributed by atoms with Crippen molar-refractivity contribution in [3.05, 3.63) is 46.9 Å². The van der Waals surface area contributed by atoms with Gasteiger partial charge in [-0.1, -0.05) is 6.92 Å². The highest BCUT2D eigenvalue weighted by Crippen LogP contribution is 2.38. The minimum atomic E-state index is -3.59. The van der Waals surface area contributed by atoms with Crippen molar-refractivity contribution in [3.8, 4) is 6.07 Å². The topological polar surface area (TPSA) is 153 Å². The van der Waals surface area contributed by atoms with Gasteiger partial charge in [0, 0.05) is 39.1 Å². The molecule has 2 aromatic heterocycles. The van der Waals surface area contributed by atoms with Crippen molar-refractivity contribution in [1.29, 1.82) is 5.26 Å². The lowest BCUT2D eigenvalue weighted by molar-refractivity contribution is 0.0304. The lowest BCUT2D eigenvalue weighted by Crippen LogP contribution is -2.49. The number of piperidine rings is 1. The van der Waals surface area contributed by atoms with Crippen molar-refractivity contribution in [2.45, 2.75) is 62.0 Å². The molecule has 5 rings (SSSR count). The van der Waals surface area contributed by atoms with Crippen molar-refractivity contribution >= 4 is 38.5 Å². The molecule has 2 N–H and O–H groups in total. The minimum Gasteiger partial charge on any atom is -0.446 e. The number of pyridine rings is 1. The maximum Gasteiger partial charge on any atom is 0.410 e. The van der Waals surface area contributed by atoms with E-state index in [1.165, 1.54) is 26.2 Å². The number of ether oxygens (including phenoxy) is 1. The SMILES string of the molecule is C[C@@H]1CCCC1OC(=O)N1CCC(CC#N)(n2nc(Nc3ccc(S(=O)(=O)N(C)C)cc3)c3c(=O)[nH]ccc32)CC1. The molecule has 3 heterocycles. The van der Waals surface area contributed by atoms with Crippen LogP contribution in [0.4, 0.5) is 16.3 Å². The molecule has 2 aliphatic rings. The molecule has 1 saturated carbocycles. The molecule has 0 spiro atoms. The van der Waals surface area contributed by atoms with Gasteiger partial charge >= 0.3 is 6.09 Å². The fourth-order valence-electron chi connectivity index (χ4n) is 5.79. The van der Waals surface area contributed by atoms with Crippen LogP contribution in [0.15, 0.2) is 46.2 Å². The van der Waals surface area contributed by atoms with Gasteiger partial charge in [-0.2, -0.15) is 10.4 Å². The van der Waals surface area contributed by atoms with Gasteiger partial charge in [0.15, 0.2) is 5.82 Å². The maximum absolute atomic E-state index is 13.0. The first-order chi connectivity index (χ1) is 19.6. The average Bonchev–Trinajstić information content (AvgIpc) is 3.53. The molecule has 12 nitrogen and oxygen atoms in total. The van der Waals surface area contributed by atoms with Gasteiger partial charge in [-0.05, 0) is 68.4 Å². The predicted octanol–water partition coefficient (Wildman–Crippen LogP) is 3.75. The number of nitrogens with one attached hydrogen (secondary N) is 2. The molecule has 41 heavy (non-hydrogen) atoms. The van der Waals surface area contributed by atoms with Gasteiger partial charge in [-0.15, -0.1) is 0 Å². The summed E-state index contributed by atoms with van der Waals surface area (Å²) in [6, 6.07) is 10.2. The smallest absolute Gasteiger partial charge is 0.410 e. The number of nitriles is 1. The first-order valence-corrected chi connectivity index (χ1v) is 15.2. The molecule has 2 fully saturated rings. The van der Waals surface area contributed by atoms with Gasteiger partial charge in [-0.3, -0.25) is 9.48 Å². The van der Waals surface area contributed by atoms with Gasteiger partial charge in [0.25, 0.3) is 5.56 Å². The molecule has 2 atom stereocenters. The fourth-order valence-corrected chi connectivity index (χ4v) is 6.69. The van der Waals surface area contributed by atoms with E-state index in [0.29, 0.717) is 54.3 Å². The van der Waals surface area contributed by atoms with Gasteiger partial charge < -0.3 is 19.9 Å². The highest BCUT2D eigenvalue weighted by molar-refractivity contribution is 7.89. The van der Waals surface area contributed by atoms with Gasteiger partial charge in [0.2, 0.25) is 10.0 Å². The summed E-state index contributed by atoms with van der Waals surface area (Å²) >= 11 is 0. The number of H-pyrrole nitrogens is 1. The van der Waals surface area contributed by atoms with E-state index in [2.05, 4.69) is 23.3 Å². The van der Waals surface area contributed by atoms with Crippen LogP contribution in [0.5, 0.6) is 0 Å². The Kier molecular flexibility index (Phi) is 7.80. The zero-order valence-corrected chi connectivity index (χ0v) is 24.3. The van der Waals surface area contributed by atoms with Crippen LogP contribution in [-0.2, 0) is 20.3 Å². The number of carbonyl (C=O) groups excluding carboxylic acids is 1. The number of benzene rings is 1. The third kappa shape index (κ3) is 5.41. The second-order valence-electron chi connectivity index (χ2n) is 11.1. The summed E-state index contributed by atoms with van der Waals surface area (Å²) in [6.45, 7) is 2.91. The summed E-state index contributed by atoms with van der Waals surface area (Å²) in [5, 5.41) is 18.1. The number of hydrogen-bond acceptors (Lipinski definition) is 8. The van der Waals surface area contributed by atoms with Gasteiger partial charge in [0.1, 0.15) is 11.5 Å². The number of anilines is 2. The largest absolute Gasteiger partial charge is 0.446 e. The molecule has 3 aromatic rings. The number of aromatic amines is 1. The van der Waals surface area contributed by atoms with E-state index in [1.807, 2.05) is 0 Å². The normalized spacial score (nSPS) is 20.7. The molecule has 1 amide bonds. The van der Waals surface area contributed by atoms with E-state index < -0.39 is 15.6 Å². The number of likely N-dealkylation sites (tertiary alicyclic amines) is 1. The molecule has 0 bridgehead atoms. The third-order valence-corrected chi connectivity index (χ3v) is 10.2. The lowest BCUT2D eigenvalue weighted by Gasteiger charge is -2.41. The highest BCUT2D eigenvalue weighted by Gasteiger charge is 2.41. The number of sulfonamides is 1. The maximum atomic E-state index is 13.0. The summed E-state index contributed by atoms with van der Waals surface area (Å²) in [7, 11) is -0.659. The zero-order chi connectivity index (χ0) is 29.4. The van der Waals surface area contributed by atoms with E-state index in [9.17, 15) is 23.3 Å². The average molecular weight is 582 g/mol. The number of nitrogens with zero attached hydrogens (tertiary/aromatic N) is 5. The molecule has 1 saturated heterocycles. The second-order valence-corrected chi connectivity index (χ2v) is 13.3. The number of carbonyl (C=O) groups is 1. The Balaban J connectivity index is 1.43.